The Hall–Kier alpha value is -3.16. The number of fused-ring (bicyclic) bond motifs is 1. The van der Waals surface area contributed by atoms with Crippen molar-refractivity contribution in [3.05, 3.63) is 82.5 Å². The molecule has 0 spiro atoms. The van der Waals surface area contributed by atoms with Crippen molar-refractivity contribution < 1.29 is 13.9 Å². The van der Waals surface area contributed by atoms with E-state index in [1.165, 1.54) is 30.6 Å². The third kappa shape index (κ3) is 4.65. The van der Waals surface area contributed by atoms with Gasteiger partial charge in [0, 0.05) is 29.4 Å². The van der Waals surface area contributed by atoms with Gasteiger partial charge < -0.3 is 10.4 Å². The van der Waals surface area contributed by atoms with Crippen LogP contribution in [0.15, 0.2) is 48.8 Å². The monoisotopic (exact) mass is 468 g/mol. The Kier molecular flexibility index (Phi) is 6.03. The highest BCUT2D eigenvalue weighted by molar-refractivity contribution is 6.35. The molecule has 2 aromatic carbocycles. The standard InChI is InChI=1S/C25H23ClF2N4O/c1-13(15-6-5-7-18(27)8-15)31-23-19-9-16(10-20(28)22(19)32-14(2)21(23)26)17-11-29-24(30-12-17)25(3,4)33/h5-13,33H,1-4H3,(H,31,32). The summed E-state index contributed by atoms with van der Waals surface area (Å²) < 4.78 is 28.9. The van der Waals surface area contributed by atoms with Gasteiger partial charge in [-0.3, -0.25) is 0 Å². The van der Waals surface area contributed by atoms with Crippen molar-refractivity contribution in [1.29, 1.82) is 0 Å². The average molecular weight is 469 g/mol. The lowest BCUT2D eigenvalue weighted by Gasteiger charge is -2.20. The normalized spacial score (nSPS) is 12.7. The molecular weight excluding hydrogens is 446 g/mol. The molecule has 8 heteroatoms. The van der Waals surface area contributed by atoms with Crippen LogP contribution in [0.5, 0.6) is 0 Å². The molecule has 0 aliphatic heterocycles. The van der Waals surface area contributed by atoms with E-state index in [0.29, 0.717) is 32.9 Å². The van der Waals surface area contributed by atoms with Crippen molar-refractivity contribution in [1.82, 2.24) is 15.0 Å². The van der Waals surface area contributed by atoms with E-state index in [0.717, 1.165) is 5.56 Å². The fourth-order valence-electron chi connectivity index (χ4n) is 3.60. The minimum Gasteiger partial charge on any atom is -0.382 e. The average Bonchev–Trinajstić information content (AvgIpc) is 2.77. The summed E-state index contributed by atoms with van der Waals surface area (Å²) in [5.74, 6) is -0.597. The second kappa shape index (κ2) is 8.65. The smallest absolute Gasteiger partial charge is 0.159 e. The molecule has 0 radical (unpaired) electrons. The van der Waals surface area contributed by atoms with Crippen molar-refractivity contribution in [3.63, 3.8) is 0 Å². The highest BCUT2D eigenvalue weighted by Crippen LogP contribution is 2.38. The zero-order chi connectivity index (χ0) is 23.9. The first-order valence-electron chi connectivity index (χ1n) is 10.4. The molecule has 4 aromatic rings. The van der Waals surface area contributed by atoms with E-state index < -0.39 is 11.4 Å². The second-order valence-electron chi connectivity index (χ2n) is 8.52. The maximum absolute atomic E-state index is 15.1. The van der Waals surface area contributed by atoms with Crippen LogP contribution in [0.3, 0.4) is 0 Å². The number of nitrogens with zero attached hydrogens (tertiary/aromatic N) is 3. The molecule has 0 amide bonds. The lowest BCUT2D eigenvalue weighted by molar-refractivity contribution is 0.0687. The Balaban J connectivity index is 1.83. The van der Waals surface area contributed by atoms with Gasteiger partial charge in [-0.15, -0.1) is 0 Å². The summed E-state index contributed by atoms with van der Waals surface area (Å²) in [7, 11) is 0. The van der Waals surface area contributed by atoms with E-state index in [4.69, 9.17) is 11.6 Å². The Morgan fingerprint density at radius 3 is 2.39 bits per heavy atom. The van der Waals surface area contributed by atoms with Crippen LogP contribution < -0.4 is 5.32 Å². The quantitative estimate of drug-likeness (QED) is 0.358. The van der Waals surface area contributed by atoms with Gasteiger partial charge >= 0.3 is 0 Å². The summed E-state index contributed by atoms with van der Waals surface area (Å²) >= 11 is 6.58. The Labute approximate surface area is 195 Å². The van der Waals surface area contributed by atoms with Crippen molar-refractivity contribution in [2.75, 3.05) is 5.32 Å². The van der Waals surface area contributed by atoms with Gasteiger partial charge in [0.2, 0.25) is 0 Å². The number of halogens is 3. The first-order chi connectivity index (χ1) is 15.5. The van der Waals surface area contributed by atoms with E-state index in [1.54, 1.807) is 39.0 Å². The summed E-state index contributed by atoms with van der Waals surface area (Å²) in [5, 5.41) is 14.2. The van der Waals surface area contributed by atoms with Gasteiger partial charge in [-0.25, -0.2) is 23.7 Å². The number of rotatable bonds is 5. The molecule has 33 heavy (non-hydrogen) atoms. The van der Waals surface area contributed by atoms with Gasteiger partial charge in [0.15, 0.2) is 5.82 Å². The number of hydrogen-bond donors (Lipinski definition) is 2. The van der Waals surface area contributed by atoms with Crippen molar-refractivity contribution in [2.45, 2.75) is 39.3 Å². The van der Waals surface area contributed by atoms with Gasteiger partial charge in [-0.1, -0.05) is 23.7 Å². The van der Waals surface area contributed by atoms with Crippen LogP contribution >= 0.6 is 11.6 Å². The molecule has 0 bridgehead atoms. The largest absolute Gasteiger partial charge is 0.382 e. The zero-order valence-corrected chi connectivity index (χ0v) is 19.4. The maximum Gasteiger partial charge on any atom is 0.159 e. The number of aromatic nitrogens is 3. The van der Waals surface area contributed by atoms with Crippen LogP contribution in [-0.4, -0.2) is 20.1 Å². The molecule has 5 nitrogen and oxygen atoms in total. The molecule has 170 valence electrons. The highest BCUT2D eigenvalue weighted by atomic mass is 35.5. The van der Waals surface area contributed by atoms with Gasteiger partial charge in [0.1, 0.15) is 22.8 Å². The topological polar surface area (TPSA) is 70.9 Å². The van der Waals surface area contributed by atoms with Crippen LogP contribution in [0.2, 0.25) is 5.02 Å². The van der Waals surface area contributed by atoms with Crippen LogP contribution in [0.4, 0.5) is 14.5 Å². The van der Waals surface area contributed by atoms with Crippen LogP contribution in [0.25, 0.3) is 22.0 Å². The third-order valence-corrected chi connectivity index (χ3v) is 5.85. The molecule has 4 rings (SSSR count). The molecule has 2 heterocycles. The maximum atomic E-state index is 15.1. The van der Waals surface area contributed by atoms with E-state index >= 15 is 4.39 Å². The molecule has 0 saturated heterocycles. The van der Waals surface area contributed by atoms with E-state index in [1.807, 2.05) is 6.92 Å². The predicted octanol–water partition coefficient (Wildman–Crippen LogP) is 6.33. The first-order valence-corrected chi connectivity index (χ1v) is 10.8. The van der Waals surface area contributed by atoms with Gasteiger partial charge in [-0.05, 0) is 63.1 Å². The summed E-state index contributed by atoms with van der Waals surface area (Å²) in [5.41, 5.74) is 1.79. The number of benzene rings is 2. The Morgan fingerprint density at radius 2 is 1.76 bits per heavy atom. The Bertz CT molecular complexity index is 1340. The molecule has 1 atom stereocenters. The lowest BCUT2D eigenvalue weighted by Crippen LogP contribution is -2.19. The van der Waals surface area contributed by atoms with Crippen molar-refractivity contribution >= 4 is 28.2 Å². The van der Waals surface area contributed by atoms with Crippen molar-refractivity contribution in [2.24, 2.45) is 0 Å². The number of anilines is 1. The van der Waals surface area contributed by atoms with Crippen LogP contribution in [0, 0.1) is 18.6 Å². The summed E-state index contributed by atoms with van der Waals surface area (Å²) in [6.45, 7) is 6.75. The molecule has 0 saturated carbocycles. The van der Waals surface area contributed by atoms with E-state index in [9.17, 15) is 9.50 Å². The zero-order valence-electron chi connectivity index (χ0n) is 18.6. The van der Waals surface area contributed by atoms with Gasteiger partial charge in [0.25, 0.3) is 0 Å². The van der Waals surface area contributed by atoms with Crippen molar-refractivity contribution in [3.8, 4) is 11.1 Å². The number of hydrogen-bond acceptors (Lipinski definition) is 5. The predicted molar refractivity (Wildman–Crippen MR) is 126 cm³/mol. The number of pyridine rings is 1. The SMILES string of the molecule is Cc1nc2c(F)cc(-c3cnc(C(C)(C)O)nc3)cc2c(NC(C)c2cccc(F)c2)c1Cl. The molecular formula is C25H23ClF2N4O. The van der Waals surface area contributed by atoms with Crippen LogP contribution in [-0.2, 0) is 5.60 Å². The molecule has 0 fully saturated rings. The Morgan fingerprint density at radius 1 is 1.06 bits per heavy atom. The third-order valence-electron chi connectivity index (χ3n) is 5.39. The second-order valence-corrected chi connectivity index (χ2v) is 8.89. The fourth-order valence-corrected chi connectivity index (χ4v) is 3.79. The molecule has 2 N–H and O–H groups in total. The number of aryl methyl sites for hydroxylation is 1. The van der Waals surface area contributed by atoms with E-state index in [-0.39, 0.29) is 23.2 Å². The minimum atomic E-state index is -1.19. The molecule has 1 unspecified atom stereocenters. The summed E-state index contributed by atoms with van der Waals surface area (Å²) in [4.78, 5) is 12.8. The summed E-state index contributed by atoms with van der Waals surface area (Å²) in [6, 6.07) is 9.08. The van der Waals surface area contributed by atoms with E-state index in [2.05, 4.69) is 20.3 Å². The molecule has 0 aliphatic rings. The number of aliphatic hydroxyl groups is 1. The van der Waals surface area contributed by atoms with Gasteiger partial charge in [-0.2, -0.15) is 0 Å². The molecule has 0 aliphatic carbocycles. The molecule has 2 aromatic heterocycles. The lowest BCUT2D eigenvalue weighted by atomic mass is 10.0. The van der Waals surface area contributed by atoms with Gasteiger partial charge in [0.05, 0.1) is 16.4 Å². The fraction of sp³-hybridized carbons (Fsp3) is 0.240. The minimum absolute atomic E-state index is 0.170. The number of nitrogens with one attached hydrogen (secondary N) is 1. The van der Waals surface area contributed by atoms with Crippen LogP contribution in [0.1, 0.15) is 43.9 Å². The highest BCUT2D eigenvalue weighted by Gasteiger charge is 2.21. The summed E-state index contributed by atoms with van der Waals surface area (Å²) in [6.07, 6.45) is 3.07. The first kappa shape index (κ1) is 23.0.